The maximum absolute atomic E-state index is 12.6. The first-order valence-corrected chi connectivity index (χ1v) is 9.39. The average molecular weight is 336 g/mol. The van der Waals surface area contributed by atoms with Crippen molar-refractivity contribution in [3.05, 3.63) is 12.4 Å². The molecule has 3 rings (SSSR count). The molecule has 0 aliphatic carbocycles. The minimum absolute atomic E-state index is 0.0267. The Kier molecular flexibility index (Phi) is 4.94. The number of carbonyl (C=O) groups is 2. The number of rotatable bonds is 4. The molecule has 23 heavy (non-hydrogen) atoms. The molecule has 0 radical (unpaired) electrons. The largest absolute Gasteiger partial charge is 0.341 e. The van der Waals surface area contributed by atoms with E-state index in [0.29, 0.717) is 18.9 Å². The standard InChI is InChI=1S/C16H24N4O2S/c1-12(2)9-19-11-14(8-17-19)20-10-13(7-15(20)21)16(22)18-3-5-23-6-4-18/h8,11-13H,3-7,9-10H2,1-2H3. The van der Waals surface area contributed by atoms with Crippen molar-refractivity contribution in [3.8, 4) is 0 Å². The fraction of sp³-hybridized carbons (Fsp3) is 0.688. The van der Waals surface area contributed by atoms with Gasteiger partial charge in [-0.25, -0.2) is 0 Å². The molecule has 126 valence electrons. The van der Waals surface area contributed by atoms with Crippen LogP contribution in [0.5, 0.6) is 0 Å². The van der Waals surface area contributed by atoms with Crippen LogP contribution in [0.1, 0.15) is 20.3 Å². The normalized spacial score (nSPS) is 22.2. The minimum Gasteiger partial charge on any atom is -0.341 e. The Labute approximate surface area is 141 Å². The first kappa shape index (κ1) is 16.4. The Hall–Kier alpha value is -1.50. The lowest BCUT2D eigenvalue weighted by Gasteiger charge is -2.28. The third kappa shape index (κ3) is 3.71. The summed E-state index contributed by atoms with van der Waals surface area (Å²) in [6, 6.07) is 0. The second-order valence-electron chi connectivity index (χ2n) is 6.66. The Morgan fingerprint density at radius 3 is 2.83 bits per heavy atom. The molecular formula is C16H24N4O2S. The molecule has 0 saturated carbocycles. The summed E-state index contributed by atoms with van der Waals surface area (Å²) in [5.41, 5.74) is 0.806. The van der Waals surface area contributed by atoms with Crippen LogP contribution in [0.3, 0.4) is 0 Å². The van der Waals surface area contributed by atoms with Gasteiger partial charge in [0.25, 0.3) is 0 Å². The molecule has 0 spiro atoms. The quantitative estimate of drug-likeness (QED) is 0.835. The van der Waals surface area contributed by atoms with E-state index in [9.17, 15) is 9.59 Å². The van der Waals surface area contributed by atoms with E-state index in [1.165, 1.54) is 0 Å². The van der Waals surface area contributed by atoms with Gasteiger partial charge in [0.1, 0.15) is 0 Å². The molecule has 1 aromatic heterocycles. The lowest BCUT2D eigenvalue weighted by Crippen LogP contribution is -2.42. The second kappa shape index (κ2) is 6.95. The van der Waals surface area contributed by atoms with E-state index in [2.05, 4.69) is 18.9 Å². The summed E-state index contributed by atoms with van der Waals surface area (Å²) in [4.78, 5) is 28.5. The van der Waals surface area contributed by atoms with Gasteiger partial charge in [0.2, 0.25) is 11.8 Å². The van der Waals surface area contributed by atoms with Crippen LogP contribution in [0.25, 0.3) is 0 Å². The molecule has 2 amide bonds. The monoisotopic (exact) mass is 336 g/mol. The van der Waals surface area contributed by atoms with Crippen LogP contribution >= 0.6 is 11.8 Å². The third-order valence-electron chi connectivity index (χ3n) is 4.28. The summed E-state index contributed by atoms with van der Waals surface area (Å²) >= 11 is 1.88. The number of carbonyl (C=O) groups excluding carboxylic acids is 2. The van der Waals surface area contributed by atoms with Gasteiger partial charge in [-0.1, -0.05) is 13.8 Å². The topological polar surface area (TPSA) is 58.4 Å². The number of aromatic nitrogens is 2. The van der Waals surface area contributed by atoms with Gasteiger partial charge in [-0.15, -0.1) is 0 Å². The highest BCUT2D eigenvalue weighted by molar-refractivity contribution is 7.99. The van der Waals surface area contributed by atoms with Crippen LogP contribution in [-0.4, -0.2) is 57.6 Å². The van der Waals surface area contributed by atoms with Crippen LogP contribution in [0.15, 0.2) is 12.4 Å². The molecule has 3 heterocycles. The number of amides is 2. The van der Waals surface area contributed by atoms with Crippen molar-refractivity contribution in [1.82, 2.24) is 14.7 Å². The molecule has 2 aliphatic rings. The van der Waals surface area contributed by atoms with E-state index in [0.717, 1.165) is 36.8 Å². The third-order valence-corrected chi connectivity index (χ3v) is 5.22. The van der Waals surface area contributed by atoms with E-state index >= 15 is 0 Å². The van der Waals surface area contributed by atoms with Crippen molar-refractivity contribution in [3.63, 3.8) is 0 Å². The first-order valence-electron chi connectivity index (χ1n) is 8.24. The molecule has 1 atom stereocenters. The van der Waals surface area contributed by atoms with E-state index in [1.54, 1.807) is 11.1 Å². The van der Waals surface area contributed by atoms with Crippen LogP contribution in [0, 0.1) is 11.8 Å². The van der Waals surface area contributed by atoms with Gasteiger partial charge in [0.05, 0.1) is 17.8 Å². The maximum Gasteiger partial charge on any atom is 0.228 e. The summed E-state index contributed by atoms with van der Waals surface area (Å²) in [7, 11) is 0. The fourth-order valence-electron chi connectivity index (χ4n) is 3.13. The molecule has 1 unspecified atom stereocenters. The number of hydrogen-bond acceptors (Lipinski definition) is 4. The SMILES string of the molecule is CC(C)Cn1cc(N2CC(C(=O)N3CCSCC3)CC2=O)cn1. The molecule has 2 aliphatic heterocycles. The maximum atomic E-state index is 12.6. The van der Waals surface area contributed by atoms with E-state index < -0.39 is 0 Å². The Bertz CT molecular complexity index is 580. The van der Waals surface area contributed by atoms with Gasteiger partial charge in [-0.3, -0.25) is 14.3 Å². The van der Waals surface area contributed by atoms with Crippen molar-refractivity contribution in [1.29, 1.82) is 0 Å². The van der Waals surface area contributed by atoms with Crippen molar-refractivity contribution in [2.24, 2.45) is 11.8 Å². The lowest BCUT2D eigenvalue weighted by molar-refractivity contribution is -0.135. The summed E-state index contributed by atoms with van der Waals surface area (Å²) in [5.74, 6) is 2.45. The predicted octanol–water partition coefficient (Wildman–Crippen LogP) is 1.47. The number of hydrogen-bond donors (Lipinski definition) is 0. The molecule has 7 heteroatoms. The van der Waals surface area contributed by atoms with E-state index in [-0.39, 0.29) is 17.7 Å². The fourth-order valence-corrected chi connectivity index (χ4v) is 4.03. The van der Waals surface area contributed by atoms with Gasteiger partial charge in [-0.2, -0.15) is 16.9 Å². The van der Waals surface area contributed by atoms with Crippen molar-refractivity contribution in [2.75, 3.05) is 36.0 Å². The lowest BCUT2D eigenvalue weighted by atomic mass is 10.1. The van der Waals surface area contributed by atoms with E-state index in [1.807, 2.05) is 27.5 Å². The Balaban J connectivity index is 1.65. The van der Waals surface area contributed by atoms with Crippen LogP contribution in [0.2, 0.25) is 0 Å². The number of thioether (sulfide) groups is 1. The minimum atomic E-state index is -0.209. The molecule has 0 aromatic carbocycles. The molecule has 6 nitrogen and oxygen atoms in total. The summed E-state index contributed by atoms with van der Waals surface area (Å²) < 4.78 is 1.87. The average Bonchev–Trinajstić information content (AvgIpc) is 3.13. The summed E-state index contributed by atoms with van der Waals surface area (Å²) in [5, 5.41) is 4.32. The highest BCUT2D eigenvalue weighted by Gasteiger charge is 2.37. The van der Waals surface area contributed by atoms with Crippen molar-refractivity contribution >= 4 is 29.3 Å². The van der Waals surface area contributed by atoms with Gasteiger partial charge >= 0.3 is 0 Å². The van der Waals surface area contributed by atoms with Gasteiger partial charge in [0, 0.05) is 50.3 Å². The zero-order chi connectivity index (χ0) is 16.4. The van der Waals surface area contributed by atoms with Crippen molar-refractivity contribution < 1.29 is 9.59 Å². The molecular weight excluding hydrogens is 312 g/mol. The van der Waals surface area contributed by atoms with Gasteiger partial charge in [0.15, 0.2) is 0 Å². The molecule has 2 saturated heterocycles. The molecule has 0 bridgehead atoms. The van der Waals surface area contributed by atoms with Crippen LogP contribution < -0.4 is 4.90 Å². The van der Waals surface area contributed by atoms with Gasteiger partial charge < -0.3 is 9.80 Å². The van der Waals surface area contributed by atoms with Crippen LogP contribution in [-0.2, 0) is 16.1 Å². The first-order chi connectivity index (χ1) is 11.0. The zero-order valence-electron chi connectivity index (χ0n) is 13.8. The molecule has 0 N–H and O–H groups in total. The van der Waals surface area contributed by atoms with Gasteiger partial charge in [-0.05, 0) is 5.92 Å². The molecule has 2 fully saturated rings. The number of anilines is 1. The molecule has 1 aromatic rings. The second-order valence-corrected chi connectivity index (χ2v) is 7.88. The van der Waals surface area contributed by atoms with Crippen molar-refractivity contribution in [2.45, 2.75) is 26.8 Å². The number of nitrogens with zero attached hydrogens (tertiary/aromatic N) is 4. The van der Waals surface area contributed by atoms with Crippen LogP contribution in [0.4, 0.5) is 5.69 Å². The summed E-state index contributed by atoms with van der Waals surface area (Å²) in [6.45, 7) is 7.19. The zero-order valence-corrected chi connectivity index (χ0v) is 14.6. The summed E-state index contributed by atoms with van der Waals surface area (Å²) in [6.07, 6.45) is 3.95. The predicted molar refractivity (Wildman–Crippen MR) is 91.4 cm³/mol. The van der Waals surface area contributed by atoms with E-state index in [4.69, 9.17) is 0 Å². The highest BCUT2D eigenvalue weighted by atomic mass is 32.2. The Morgan fingerprint density at radius 2 is 2.13 bits per heavy atom. The smallest absolute Gasteiger partial charge is 0.228 e. The highest BCUT2D eigenvalue weighted by Crippen LogP contribution is 2.27. The Morgan fingerprint density at radius 1 is 1.39 bits per heavy atom.